The van der Waals surface area contributed by atoms with Crippen LogP contribution < -0.4 is 5.32 Å². The molecular weight excluding hydrogens is 362 g/mol. The third-order valence-corrected chi connectivity index (χ3v) is 5.88. The molecule has 0 saturated heterocycles. The van der Waals surface area contributed by atoms with Gasteiger partial charge in [-0.1, -0.05) is 42.4 Å². The van der Waals surface area contributed by atoms with Crippen LogP contribution in [0.25, 0.3) is 10.2 Å². The standard InChI is InChI=1S/C17H16ClN3OS2/c1-2-13-7-14-16(20-10-21-17(14)24-13)23-9-15(22)19-8-11-3-5-12(18)6-4-11/h3-7,10H,2,8-9H2,1H3,(H,19,22). The number of carbonyl (C=O) groups excluding carboxylic acids is 1. The van der Waals surface area contributed by atoms with Crippen molar-refractivity contribution in [1.29, 1.82) is 0 Å². The van der Waals surface area contributed by atoms with Crippen LogP contribution in [0.2, 0.25) is 5.02 Å². The lowest BCUT2D eigenvalue weighted by Gasteiger charge is -2.05. The molecule has 24 heavy (non-hydrogen) atoms. The summed E-state index contributed by atoms with van der Waals surface area (Å²) in [5, 5.41) is 5.50. The Morgan fingerprint density at radius 2 is 2.08 bits per heavy atom. The molecule has 0 bridgehead atoms. The van der Waals surface area contributed by atoms with E-state index < -0.39 is 0 Å². The number of aryl methyl sites for hydroxylation is 1. The fourth-order valence-corrected chi connectivity index (χ4v) is 4.09. The van der Waals surface area contributed by atoms with Gasteiger partial charge in [-0.15, -0.1) is 11.3 Å². The largest absolute Gasteiger partial charge is 0.351 e. The molecular formula is C17H16ClN3OS2. The topological polar surface area (TPSA) is 54.9 Å². The monoisotopic (exact) mass is 377 g/mol. The summed E-state index contributed by atoms with van der Waals surface area (Å²) in [6.45, 7) is 2.61. The minimum absolute atomic E-state index is 0.0207. The van der Waals surface area contributed by atoms with E-state index >= 15 is 0 Å². The maximum atomic E-state index is 12.1. The SMILES string of the molecule is CCc1cc2c(SCC(=O)NCc3ccc(Cl)cc3)ncnc2s1. The van der Waals surface area contributed by atoms with Crippen LogP contribution in [0.5, 0.6) is 0 Å². The zero-order valence-electron chi connectivity index (χ0n) is 13.1. The van der Waals surface area contributed by atoms with Gasteiger partial charge in [0.15, 0.2) is 0 Å². The molecule has 2 aromatic heterocycles. The Kier molecular flexibility index (Phi) is 5.71. The highest BCUT2D eigenvalue weighted by atomic mass is 35.5. The summed E-state index contributed by atoms with van der Waals surface area (Å²) in [6, 6.07) is 9.56. The van der Waals surface area contributed by atoms with E-state index in [4.69, 9.17) is 11.6 Å². The molecule has 0 aliphatic rings. The molecule has 124 valence electrons. The Labute approximate surface area is 153 Å². The molecule has 7 heteroatoms. The second-order valence-electron chi connectivity index (χ2n) is 5.16. The van der Waals surface area contributed by atoms with Gasteiger partial charge in [-0.2, -0.15) is 0 Å². The molecule has 4 nitrogen and oxygen atoms in total. The molecule has 0 unspecified atom stereocenters. The van der Waals surface area contributed by atoms with Crippen LogP contribution in [0.4, 0.5) is 0 Å². The molecule has 0 aliphatic heterocycles. The zero-order chi connectivity index (χ0) is 16.9. The van der Waals surface area contributed by atoms with E-state index in [1.807, 2.05) is 24.3 Å². The van der Waals surface area contributed by atoms with Crippen molar-refractivity contribution in [1.82, 2.24) is 15.3 Å². The molecule has 0 spiro atoms. The number of amides is 1. The molecule has 0 atom stereocenters. The predicted octanol–water partition coefficient (Wildman–Crippen LogP) is 4.32. The first-order valence-electron chi connectivity index (χ1n) is 7.53. The van der Waals surface area contributed by atoms with E-state index in [-0.39, 0.29) is 5.91 Å². The van der Waals surface area contributed by atoms with Crippen LogP contribution in [0, 0.1) is 0 Å². The van der Waals surface area contributed by atoms with Gasteiger partial charge in [-0.3, -0.25) is 4.79 Å². The van der Waals surface area contributed by atoms with E-state index in [0.717, 1.165) is 27.2 Å². The lowest BCUT2D eigenvalue weighted by atomic mass is 10.2. The first-order valence-corrected chi connectivity index (χ1v) is 9.71. The molecule has 0 fully saturated rings. The lowest BCUT2D eigenvalue weighted by Crippen LogP contribution is -2.24. The summed E-state index contributed by atoms with van der Waals surface area (Å²) < 4.78 is 0. The van der Waals surface area contributed by atoms with Gasteiger partial charge in [-0.05, 0) is 30.2 Å². The van der Waals surface area contributed by atoms with E-state index in [2.05, 4.69) is 28.3 Å². The van der Waals surface area contributed by atoms with Crippen LogP contribution in [0.15, 0.2) is 41.7 Å². The van der Waals surface area contributed by atoms with Crippen LogP contribution in [-0.2, 0) is 17.8 Å². The Hall–Kier alpha value is -1.63. The Bertz CT molecular complexity index is 849. The van der Waals surface area contributed by atoms with Crippen molar-refractivity contribution in [3.05, 3.63) is 52.1 Å². The van der Waals surface area contributed by atoms with Crippen LogP contribution >= 0.6 is 34.7 Å². The molecule has 3 rings (SSSR count). The minimum atomic E-state index is -0.0207. The zero-order valence-corrected chi connectivity index (χ0v) is 15.5. The van der Waals surface area contributed by atoms with Crippen molar-refractivity contribution in [3.63, 3.8) is 0 Å². The van der Waals surface area contributed by atoms with Gasteiger partial charge in [-0.25, -0.2) is 9.97 Å². The number of rotatable bonds is 6. The number of hydrogen-bond donors (Lipinski definition) is 1. The Morgan fingerprint density at radius 3 is 2.83 bits per heavy atom. The van der Waals surface area contributed by atoms with Crippen LogP contribution in [0.1, 0.15) is 17.4 Å². The van der Waals surface area contributed by atoms with E-state index in [1.165, 1.54) is 16.6 Å². The number of benzene rings is 1. The predicted molar refractivity (Wildman–Crippen MR) is 101 cm³/mol. The molecule has 0 aliphatic carbocycles. The number of nitrogens with one attached hydrogen (secondary N) is 1. The molecule has 0 saturated carbocycles. The third-order valence-electron chi connectivity index (χ3n) is 3.44. The second kappa shape index (κ2) is 7.96. The molecule has 1 amide bonds. The number of nitrogens with zero attached hydrogens (tertiary/aromatic N) is 2. The van der Waals surface area contributed by atoms with Gasteiger partial charge in [0, 0.05) is 21.8 Å². The summed E-state index contributed by atoms with van der Waals surface area (Å²) in [5.74, 6) is 0.310. The highest BCUT2D eigenvalue weighted by Gasteiger charge is 2.10. The van der Waals surface area contributed by atoms with Gasteiger partial charge >= 0.3 is 0 Å². The molecule has 0 radical (unpaired) electrons. The van der Waals surface area contributed by atoms with Crippen LogP contribution in [0.3, 0.4) is 0 Å². The van der Waals surface area contributed by atoms with Gasteiger partial charge < -0.3 is 5.32 Å². The number of halogens is 1. The van der Waals surface area contributed by atoms with Crippen molar-refractivity contribution >= 4 is 50.8 Å². The molecule has 3 aromatic rings. The maximum Gasteiger partial charge on any atom is 0.230 e. The van der Waals surface area contributed by atoms with Gasteiger partial charge in [0.1, 0.15) is 16.2 Å². The Morgan fingerprint density at radius 1 is 1.29 bits per heavy atom. The highest BCUT2D eigenvalue weighted by Crippen LogP contribution is 2.30. The minimum Gasteiger partial charge on any atom is -0.351 e. The summed E-state index contributed by atoms with van der Waals surface area (Å²) in [5.41, 5.74) is 1.02. The lowest BCUT2D eigenvalue weighted by molar-refractivity contribution is -0.118. The number of carbonyl (C=O) groups is 1. The fraction of sp³-hybridized carbons (Fsp3) is 0.235. The first kappa shape index (κ1) is 17.2. The molecule has 2 heterocycles. The maximum absolute atomic E-state index is 12.1. The van der Waals surface area contributed by atoms with E-state index in [1.54, 1.807) is 17.7 Å². The van der Waals surface area contributed by atoms with Crippen molar-refractivity contribution in [3.8, 4) is 0 Å². The Balaban J connectivity index is 1.58. The first-order chi connectivity index (χ1) is 11.7. The second-order valence-corrected chi connectivity index (χ2v) is 7.67. The smallest absolute Gasteiger partial charge is 0.230 e. The van der Waals surface area contributed by atoms with Crippen molar-refractivity contribution in [2.75, 3.05) is 5.75 Å². The van der Waals surface area contributed by atoms with Crippen molar-refractivity contribution in [2.45, 2.75) is 24.9 Å². The third kappa shape index (κ3) is 4.26. The van der Waals surface area contributed by atoms with Gasteiger partial charge in [0.05, 0.1) is 5.75 Å². The van der Waals surface area contributed by atoms with E-state index in [9.17, 15) is 4.79 Å². The van der Waals surface area contributed by atoms with Crippen LogP contribution in [-0.4, -0.2) is 21.6 Å². The van der Waals surface area contributed by atoms with E-state index in [0.29, 0.717) is 17.3 Å². The molecule has 1 N–H and O–H groups in total. The number of thiophene rings is 1. The average molecular weight is 378 g/mol. The summed E-state index contributed by atoms with van der Waals surface area (Å²) >= 11 is 8.97. The summed E-state index contributed by atoms with van der Waals surface area (Å²) in [4.78, 5) is 22.9. The van der Waals surface area contributed by atoms with Crippen molar-refractivity contribution in [2.24, 2.45) is 0 Å². The number of hydrogen-bond acceptors (Lipinski definition) is 5. The normalized spacial score (nSPS) is 10.9. The van der Waals surface area contributed by atoms with Gasteiger partial charge in [0.25, 0.3) is 0 Å². The highest BCUT2D eigenvalue weighted by molar-refractivity contribution is 8.00. The van der Waals surface area contributed by atoms with Crippen molar-refractivity contribution < 1.29 is 4.79 Å². The fourth-order valence-electron chi connectivity index (χ4n) is 2.16. The molecule has 1 aromatic carbocycles. The summed E-state index contributed by atoms with van der Waals surface area (Å²) in [7, 11) is 0. The van der Waals surface area contributed by atoms with Gasteiger partial charge in [0.2, 0.25) is 5.91 Å². The number of fused-ring (bicyclic) bond motifs is 1. The summed E-state index contributed by atoms with van der Waals surface area (Å²) in [6.07, 6.45) is 2.54. The average Bonchev–Trinajstić information content (AvgIpc) is 3.03. The number of aromatic nitrogens is 2. The quantitative estimate of drug-likeness (QED) is 0.513. The number of thioether (sulfide) groups is 1.